The highest BCUT2D eigenvalue weighted by atomic mass is 19.1. The van der Waals surface area contributed by atoms with Gasteiger partial charge in [-0.2, -0.15) is 0 Å². The smallest absolute Gasteiger partial charge is 0.220 e. The van der Waals surface area contributed by atoms with Gasteiger partial charge in [0.15, 0.2) is 0 Å². The van der Waals surface area contributed by atoms with Crippen LogP contribution in [0.15, 0.2) is 18.2 Å². The summed E-state index contributed by atoms with van der Waals surface area (Å²) < 4.78 is 13.2. The van der Waals surface area contributed by atoms with Crippen LogP contribution >= 0.6 is 0 Å². The number of piperidine rings is 1. The predicted octanol–water partition coefficient (Wildman–Crippen LogP) is 1.60. The van der Waals surface area contributed by atoms with Gasteiger partial charge in [-0.25, -0.2) is 9.37 Å². The molecule has 0 bridgehead atoms. The third-order valence-electron chi connectivity index (χ3n) is 4.76. The van der Waals surface area contributed by atoms with Gasteiger partial charge in [-0.3, -0.25) is 9.69 Å². The first-order valence-corrected chi connectivity index (χ1v) is 8.91. The molecule has 3 rings (SSSR count). The number of aromatic amines is 1. The molecule has 1 aliphatic rings. The summed E-state index contributed by atoms with van der Waals surface area (Å²) in [7, 11) is 0. The number of carbonyl (C=O) groups excluding carboxylic acids is 1. The minimum absolute atomic E-state index is 0.0239. The molecule has 2 aromatic rings. The molecule has 136 valence electrons. The molecule has 1 aromatic heterocycles. The van der Waals surface area contributed by atoms with Crippen molar-refractivity contribution in [1.29, 1.82) is 0 Å². The Balaban J connectivity index is 1.41. The van der Waals surface area contributed by atoms with E-state index in [0.29, 0.717) is 36.2 Å². The Bertz CT molecular complexity index is 718. The molecule has 3 N–H and O–H groups in total. The molecule has 7 heteroatoms. The molecule has 2 heterocycles. The van der Waals surface area contributed by atoms with E-state index in [9.17, 15) is 14.3 Å². The normalized spacial score (nSPS) is 18.6. The zero-order chi connectivity index (χ0) is 17.6. The van der Waals surface area contributed by atoms with Crippen LogP contribution in [0.2, 0.25) is 0 Å². The average molecular weight is 348 g/mol. The lowest BCUT2D eigenvalue weighted by atomic mass is 10.0. The van der Waals surface area contributed by atoms with E-state index >= 15 is 0 Å². The number of fused-ring (bicyclic) bond motifs is 1. The lowest BCUT2D eigenvalue weighted by molar-refractivity contribution is -0.121. The number of likely N-dealkylation sites (tertiary alicyclic amines) is 1. The second-order valence-corrected chi connectivity index (χ2v) is 6.56. The molecule has 1 saturated heterocycles. The standard InChI is InChI=1S/C18H25FN4O2/c19-13-4-5-15-16(11-13)22-17(21-15)6-7-18(25)20-8-10-23-9-2-1-3-14(23)12-24/h4-5,11,14,24H,1-3,6-10,12H2,(H,20,25)(H,21,22)/t14-/m1/s1. The maximum absolute atomic E-state index is 13.2. The quantitative estimate of drug-likeness (QED) is 0.710. The van der Waals surface area contributed by atoms with Crippen molar-refractivity contribution in [2.24, 2.45) is 0 Å². The Hall–Kier alpha value is -1.99. The first-order chi connectivity index (χ1) is 12.2. The number of aliphatic hydroxyl groups is 1. The van der Waals surface area contributed by atoms with Crippen LogP contribution in [0.1, 0.15) is 31.5 Å². The van der Waals surface area contributed by atoms with Crippen LogP contribution in [0, 0.1) is 5.82 Å². The molecule has 1 amide bonds. The SMILES string of the molecule is O=C(CCc1nc2ccc(F)cc2[nH]1)NCCN1CCCC[C@@H]1CO. The van der Waals surface area contributed by atoms with Crippen molar-refractivity contribution in [3.05, 3.63) is 29.8 Å². The highest BCUT2D eigenvalue weighted by Gasteiger charge is 2.21. The third kappa shape index (κ3) is 4.76. The van der Waals surface area contributed by atoms with Gasteiger partial charge in [0.25, 0.3) is 0 Å². The highest BCUT2D eigenvalue weighted by molar-refractivity contribution is 5.77. The maximum atomic E-state index is 13.2. The number of benzene rings is 1. The molecule has 1 aliphatic heterocycles. The highest BCUT2D eigenvalue weighted by Crippen LogP contribution is 2.16. The van der Waals surface area contributed by atoms with Gasteiger partial charge in [-0.05, 0) is 37.6 Å². The van der Waals surface area contributed by atoms with Gasteiger partial charge in [-0.1, -0.05) is 6.42 Å². The second-order valence-electron chi connectivity index (χ2n) is 6.56. The summed E-state index contributed by atoms with van der Waals surface area (Å²) >= 11 is 0. The summed E-state index contributed by atoms with van der Waals surface area (Å²) in [5.74, 6) is 0.357. The molecule has 1 fully saturated rings. The van der Waals surface area contributed by atoms with E-state index in [4.69, 9.17) is 0 Å². The molecular formula is C18H25FN4O2. The topological polar surface area (TPSA) is 81.2 Å². The van der Waals surface area contributed by atoms with Gasteiger partial charge in [0.2, 0.25) is 5.91 Å². The Morgan fingerprint density at radius 1 is 1.44 bits per heavy atom. The molecular weight excluding hydrogens is 323 g/mol. The van der Waals surface area contributed by atoms with Crippen molar-refractivity contribution in [2.75, 3.05) is 26.2 Å². The summed E-state index contributed by atoms with van der Waals surface area (Å²) in [6, 6.07) is 4.63. The van der Waals surface area contributed by atoms with Gasteiger partial charge in [0.05, 0.1) is 17.6 Å². The largest absolute Gasteiger partial charge is 0.395 e. The van der Waals surface area contributed by atoms with Gasteiger partial charge in [-0.15, -0.1) is 0 Å². The number of aliphatic hydroxyl groups excluding tert-OH is 1. The van der Waals surface area contributed by atoms with E-state index in [0.717, 1.165) is 32.4 Å². The minimum Gasteiger partial charge on any atom is -0.395 e. The maximum Gasteiger partial charge on any atom is 0.220 e. The van der Waals surface area contributed by atoms with Crippen molar-refractivity contribution < 1.29 is 14.3 Å². The zero-order valence-electron chi connectivity index (χ0n) is 14.3. The number of imidazole rings is 1. The first kappa shape index (κ1) is 17.8. The number of halogens is 1. The van der Waals surface area contributed by atoms with Crippen molar-refractivity contribution in [1.82, 2.24) is 20.2 Å². The van der Waals surface area contributed by atoms with Crippen molar-refractivity contribution in [3.8, 4) is 0 Å². The minimum atomic E-state index is -0.306. The number of H-pyrrole nitrogens is 1. The Morgan fingerprint density at radius 3 is 3.16 bits per heavy atom. The summed E-state index contributed by atoms with van der Waals surface area (Å²) in [5.41, 5.74) is 1.35. The molecule has 25 heavy (non-hydrogen) atoms. The molecule has 1 aromatic carbocycles. The number of hydrogen-bond donors (Lipinski definition) is 3. The summed E-state index contributed by atoms with van der Waals surface area (Å²) in [6.07, 6.45) is 4.17. The van der Waals surface area contributed by atoms with E-state index in [1.807, 2.05) is 0 Å². The van der Waals surface area contributed by atoms with E-state index in [1.54, 1.807) is 6.07 Å². The van der Waals surface area contributed by atoms with Gasteiger partial charge < -0.3 is 15.4 Å². The predicted molar refractivity (Wildman–Crippen MR) is 93.7 cm³/mol. The van der Waals surface area contributed by atoms with Gasteiger partial charge >= 0.3 is 0 Å². The molecule has 0 saturated carbocycles. The first-order valence-electron chi connectivity index (χ1n) is 8.91. The fraction of sp³-hybridized carbons (Fsp3) is 0.556. The number of hydrogen-bond acceptors (Lipinski definition) is 4. The van der Waals surface area contributed by atoms with Gasteiger partial charge in [0, 0.05) is 32.0 Å². The Labute approximate surface area is 146 Å². The zero-order valence-corrected chi connectivity index (χ0v) is 14.3. The van der Waals surface area contributed by atoms with Crippen molar-refractivity contribution in [2.45, 2.75) is 38.1 Å². The number of nitrogens with one attached hydrogen (secondary N) is 2. The Morgan fingerprint density at radius 2 is 2.32 bits per heavy atom. The number of amides is 1. The molecule has 0 spiro atoms. The molecule has 6 nitrogen and oxygen atoms in total. The van der Waals surface area contributed by atoms with E-state index < -0.39 is 0 Å². The van der Waals surface area contributed by atoms with E-state index in [1.165, 1.54) is 12.1 Å². The van der Waals surface area contributed by atoms with Crippen LogP contribution < -0.4 is 5.32 Å². The van der Waals surface area contributed by atoms with Crippen LogP contribution in [0.25, 0.3) is 11.0 Å². The van der Waals surface area contributed by atoms with E-state index in [-0.39, 0.29) is 24.4 Å². The number of aromatic nitrogens is 2. The fourth-order valence-electron chi connectivity index (χ4n) is 3.37. The third-order valence-corrected chi connectivity index (χ3v) is 4.76. The van der Waals surface area contributed by atoms with Crippen molar-refractivity contribution >= 4 is 16.9 Å². The number of aryl methyl sites for hydroxylation is 1. The average Bonchev–Trinajstić information content (AvgIpc) is 3.02. The van der Waals surface area contributed by atoms with Gasteiger partial charge in [0.1, 0.15) is 11.6 Å². The summed E-state index contributed by atoms with van der Waals surface area (Å²) in [5, 5.41) is 12.3. The lowest BCUT2D eigenvalue weighted by Crippen LogP contribution is -2.45. The van der Waals surface area contributed by atoms with Crippen LogP contribution in [-0.2, 0) is 11.2 Å². The molecule has 0 aliphatic carbocycles. The number of carbonyl (C=O) groups is 1. The lowest BCUT2D eigenvalue weighted by Gasteiger charge is -2.34. The fourth-order valence-corrected chi connectivity index (χ4v) is 3.37. The molecule has 1 atom stereocenters. The van der Waals surface area contributed by atoms with Crippen LogP contribution in [0.4, 0.5) is 4.39 Å². The van der Waals surface area contributed by atoms with Crippen LogP contribution in [-0.4, -0.2) is 58.2 Å². The Kier molecular flexibility index (Phi) is 5.99. The molecule has 0 unspecified atom stereocenters. The van der Waals surface area contributed by atoms with E-state index in [2.05, 4.69) is 20.2 Å². The van der Waals surface area contributed by atoms with Crippen molar-refractivity contribution in [3.63, 3.8) is 0 Å². The summed E-state index contributed by atoms with van der Waals surface area (Å²) in [4.78, 5) is 21.7. The number of rotatable bonds is 7. The second kappa shape index (κ2) is 8.40. The van der Waals surface area contributed by atoms with Crippen LogP contribution in [0.5, 0.6) is 0 Å². The summed E-state index contributed by atoms with van der Waals surface area (Å²) in [6.45, 7) is 2.51. The monoisotopic (exact) mass is 348 g/mol. The molecule has 0 radical (unpaired) electrons. The number of nitrogens with zero attached hydrogens (tertiary/aromatic N) is 2. The van der Waals surface area contributed by atoms with Crippen LogP contribution in [0.3, 0.4) is 0 Å².